The van der Waals surface area contributed by atoms with Crippen LogP contribution in [0, 0.1) is 0 Å². The van der Waals surface area contributed by atoms with E-state index < -0.39 is 6.04 Å². The van der Waals surface area contributed by atoms with Crippen LogP contribution in [0.5, 0.6) is 0 Å². The van der Waals surface area contributed by atoms with Gasteiger partial charge in [0.15, 0.2) is 0 Å². The molecular weight excluding hydrogens is 592 g/mol. The number of carbonyl (C=O) groups is 2. The molecule has 274 valence electrons. The fourth-order valence-electron chi connectivity index (χ4n) is 5.89. The molecular formula is C42H74N4O2. The Bertz CT molecular complexity index is 937. The van der Waals surface area contributed by atoms with E-state index in [1.807, 2.05) is 0 Å². The predicted octanol–water partition coefficient (Wildman–Crippen LogP) is 11.4. The van der Waals surface area contributed by atoms with Crippen LogP contribution < -0.4 is 10.6 Å². The second-order valence-electron chi connectivity index (χ2n) is 13.6. The van der Waals surface area contributed by atoms with Gasteiger partial charge in [-0.1, -0.05) is 140 Å². The van der Waals surface area contributed by atoms with Crippen LogP contribution in [0.3, 0.4) is 0 Å². The van der Waals surface area contributed by atoms with Gasteiger partial charge in [0.2, 0.25) is 11.8 Å². The molecule has 3 N–H and O–H groups in total. The number of imidazole rings is 1. The molecule has 1 heterocycles. The molecule has 1 atom stereocenters. The molecule has 2 amide bonds. The van der Waals surface area contributed by atoms with Crippen LogP contribution in [0.4, 0.5) is 0 Å². The summed E-state index contributed by atoms with van der Waals surface area (Å²) in [6.07, 6.45) is 48.6. The van der Waals surface area contributed by atoms with E-state index in [4.69, 9.17) is 0 Å². The highest BCUT2D eigenvalue weighted by Crippen LogP contribution is 2.11. The first-order chi connectivity index (χ1) is 23.7. The standard InChI is InChI=1S/C42H74N4O2/c1-3-5-7-9-11-13-15-17-19-21-23-25-27-29-31-33-35-44-42(48)40(36-39-37-43-38-45-39)46-41(47)34-32-30-28-26-24-22-20-18-16-14-12-10-8-6-4-2/h11,13,17-20,37-38,40H,3-10,12,14-16,21-36H2,1-2H3,(H,43,45)(H,44,48)(H,46,47). The first-order valence-corrected chi connectivity index (χ1v) is 20.2. The van der Waals surface area contributed by atoms with Gasteiger partial charge in [-0.05, 0) is 70.6 Å². The number of allylic oxidation sites excluding steroid dienone is 6. The van der Waals surface area contributed by atoms with Crippen LogP contribution in [0.1, 0.15) is 186 Å². The first kappa shape index (κ1) is 43.4. The zero-order chi connectivity index (χ0) is 34.6. The largest absolute Gasteiger partial charge is 0.354 e. The summed E-state index contributed by atoms with van der Waals surface area (Å²) >= 11 is 0. The first-order valence-electron chi connectivity index (χ1n) is 20.2. The van der Waals surface area contributed by atoms with E-state index in [1.165, 1.54) is 116 Å². The van der Waals surface area contributed by atoms with Gasteiger partial charge in [0.25, 0.3) is 0 Å². The quantitative estimate of drug-likeness (QED) is 0.0505. The Balaban J connectivity index is 2.11. The lowest BCUT2D eigenvalue weighted by molar-refractivity contribution is -0.129. The molecule has 0 fully saturated rings. The molecule has 48 heavy (non-hydrogen) atoms. The van der Waals surface area contributed by atoms with Crippen molar-refractivity contribution in [1.29, 1.82) is 0 Å². The summed E-state index contributed by atoms with van der Waals surface area (Å²) < 4.78 is 0. The fraction of sp³-hybridized carbons (Fsp3) is 0.738. The highest BCUT2D eigenvalue weighted by molar-refractivity contribution is 5.87. The van der Waals surface area contributed by atoms with Crippen LogP contribution in [-0.2, 0) is 16.0 Å². The number of nitrogens with zero attached hydrogens (tertiary/aromatic N) is 1. The van der Waals surface area contributed by atoms with Gasteiger partial charge in [0.05, 0.1) is 12.0 Å². The zero-order valence-electron chi connectivity index (χ0n) is 31.3. The Hall–Kier alpha value is -2.63. The Kier molecular flexibility index (Phi) is 31.0. The van der Waals surface area contributed by atoms with Crippen molar-refractivity contribution < 1.29 is 9.59 Å². The monoisotopic (exact) mass is 667 g/mol. The van der Waals surface area contributed by atoms with Crippen molar-refractivity contribution in [3.63, 3.8) is 0 Å². The van der Waals surface area contributed by atoms with Crippen LogP contribution >= 0.6 is 0 Å². The SMILES string of the molecule is CCCCCC=CCC=CCCCCCCCCNC(=O)C(Cc1c[nH]cn1)NC(=O)CCCCCCCC=CCCCCCCCC. The summed E-state index contributed by atoms with van der Waals surface area (Å²) in [4.78, 5) is 32.9. The lowest BCUT2D eigenvalue weighted by Crippen LogP contribution is -2.48. The molecule has 6 heteroatoms. The third-order valence-corrected chi connectivity index (χ3v) is 8.96. The third-order valence-electron chi connectivity index (χ3n) is 8.96. The highest BCUT2D eigenvalue weighted by atomic mass is 16.2. The Morgan fingerprint density at radius 3 is 1.69 bits per heavy atom. The number of rotatable bonds is 34. The number of hydrogen-bond donors (Lipinski definition) is 3. The van der Waals surface area contributed by atoms with Crippen LogP contribution in [0.15, 0.2) is 49.0 Å². The summed E-state index contributed by atoms with van der Waals surface area (Å²) in [5, 5.41) is 6.05. The summed E-state index contributed by atoms with van der Waals surface area (Å²) in [5.41, 5.74) is 0.783. The summed E-state index contributed by atoms with van der Waals surface area (Å²) in [6.45, 7) is 5.16. The van der Waals surface area contributed by atoms with Gasteiger partial charge in [-0.25, -0.2) is 4.98 Å². The molecule has 6 nitrogen and oxygen atoms in total. The van der Waals surface area contributed by atoms with E-state index in [0.717, 1.165) is 50.6 Å². The van der Waals surface area contributed by atoms with Gasteiger partial charge < -0.3 is 15.6 Å². The molecule has 1 unspecified atom stereocenters. The average molecular weight is 667 g/mol. The molecule has 0 saturated carbocycles. The molecule has 1 aromatic heterocycles. The Labute approximate surface area is 295 Å². The molecule has 1 rings (SSSR count). The molecule has 0 aliphatic heterocycles. The smallest absolute Gasteiger partial charge is 0.242 e. The number of aromatic nitrogens is 2. The Morgan fingerprint density at radius 1 is 0.646 bits per heavy atom. The van der Waals surface area contributed by atoms with Crippen molar-refractivity contribution in [2.45, 2.75) is 193 Å². The maximum absolute atomic E-state index is 13.0. The van der Waals surface area contributed by atoms with Gasteiger partial charge in [0.1, 0.15) is 6.04 Å². The maximum atomic E-state index is 13.0. The molecule has 0 aromatic carbocycles. The molecule has 0 spiro atoms. The number of hydrogen-bond acceptors (Lipinski definition) is 3. The van der Waals surface area contributed by atoms with E-state index in [-0.39, 0.29) is 11.8 Å². The summed E-state index contributed by atoms with van der Waals surface area (Å²) in [7, 11) is 0. The number of nitrogens with one attached hydrogen (secondary N) is 3. The molecule has 0 bridgehead atoms. The lowest BCUT2D eigenvalue weighted by Gasteiger charge is -2.18. The average Bonchev–Trinajstić information content (AvgIpc) is 3.60. The minimum absolute atomic E-state index is 0.0444. The van der Waals surface area contributed by atoms with Crippen molar-refractivity contribution >= 4 is 11.8 Å². The van der Waals surface area contributed by atoms with Gasteiger partial charge in [-0.2, -0.15) is 0 Å². The fourth-order valence-corrected chi connectivity index (χ4v) is 5.89. The van der Waals surface area contributed by atoms with Crippen molar-refractivity contribution in [3.8, 4) is 0 Å². The van der Waals surface area contributed by atoms with Gasteiger partial charge in [0, 0.05) is 25.6 Å². The van der Waals surface area contributed by atoms with E-state index in [1.54, 1.807) is 12.5 Å². The minimum atomic E-state index is -0.589. The van der Waals surface area contributed by atoms with Gasteiger partial charge >= 0.3 is 0 Å². The predicted molar refractivity (Wildman–Crippen MR) is 206 cm³/mol. The van der Waals surface area contributed by atoms with Gasteiger partial charge in [-0.15, -0.1) is 0 Å². The minimum Gasteiger partial charge on any atom is -0.354 e. The number of amides is 2. The molecule has 1 aromatic rings. The maximum Gasteiger partial charge on any atom is 0.242 e. The van der Waals surface area contributed by atoms with Crippen molar-refractivity contribution in [2.75, 3.05) is 6.54 Å². The molecule has 0 aliphatic carbocycles. The second-order valence-corrected chi connectivity index (χ2v) is 13.6. The lowest BCUT2D eigenvalue weighted by atomic mass is 10.1. The summed E-state index contributed by atoms with van der Waals surface area (Å²) in [6, 6.07) is -0.589. The number of H-pyrrole nitrogens is 1. The Morgan fingerprint density at radius 2 is 1.12 bits per heavy atom. The normalized spacial score (nSPS) is 12.5. The third kappa shape index (κ3) is 28.4. The van der Waals surface area contributed by atoms with Crippen molar-refractivity contribution in [3.05, 3.63) is 54.7 Å². The van der Waals surface area contributed by atoms with Crippen LogP contribution in [0.2, 0.25) is 0 Å². The van der Waals surface area contributed by atoms with E-state index in [2.05, 4.69) is 70.9 Å². The zero-order valence-corrected chi connectivity index (χ0v) is 31.3. The number of aromatic amines is 1. The summed E-state index contributed by atoms with van der Waals surface area (Å²) in [5.74, 6) is -0.157. The van der Waals surface area contributed by atoms with E-state index >= 15 is 0 Å². The van der Waals surface area contributed by atoms with Crippen LogP contribution in [0.25, 0.3) is 0 Å². The molecule has 0 saturated heterocycles. The highest BCUT2D eigenvalue weighted by Gasteiger charge is 2.21. The topological polar surface area (TPSA) is 86.9 Å². The van der Waals surface area contributed by atoms with Crippen molar-refractivity contribution in [1.82, 2.24) is 20.6 Å². The van der Waals surface area contributed by atoms with E-state index in [0.29, 0.717) is 19.4 Å². The molecule has 0 aliphatic rings. The van der Waals surface area contributed by atoms with E-state index in [9.17, 15) is 9.59 Å². The van der Waals surface area contributed by atoms with Crippen LogP contribution in [-0.4, -0.2) is 34.4 Å². The second kappa shape index (κ2) is 34.2. The van der Waals surface area contributed by atoms with Crippen molar-refractivity contribution in [2.24, 2.45) is 0 Å². The number of unbranched alkanes of at least 4 members (excludes halogenated alkanes) is 20. The molecule has 0 radical (unpaired) electrons. The number of carbonyl (C=O) groups excluding carboxylic acids is 2. The van der Waals surface area contributed by atoms with Gasteiger partial charge in [-0.3, -0.25) is 9.59 Å².